The van der Waals surface area contributed by atoms with Crippen molar-refractivity contribution in [3.05, 3.63) is 24.0 Å². The van der Waals surface area contributed by atoms with Crippen LogP contribution in [0.1, 0.15) is 43.6 Å². The Labute approximate surface area is 95.7 Å². The Morgan fingerprint density at radius 2 is 2.38 bits per heavy atom. The van der Waals surface area contributed by atoms with Gasteiger partial charge in [0.1, 0.15) is 5.69 Å². The first-order valence-electron chi connectivity index (χ1n) is 5.59. The lowest BCUT2D eigenvalue weighted by atomic mass is 10.1. The summed E-state index contributed by atoms with van der Waals surface area (Å²) in [5, 5.41) is 12.1. The zero-order valence-electron chi connectivity index (χ0n) is 9.73. The minimum absolute atomic E-state index is 0.0766. The van der Waals surface area contributed by atoms with Gasteiger partial charge in [-0.3, -0.25) is 0 Å². The first-order valence-corrected chi connectivity index (χ1v) is 5.59. The largest absolute Gasteiger partial charge is 0.477 e. The third kappa shape index (κ3) is 3.88. The van der Waals surface area contributed by atoms with Crippen molar-refractivity contribution in [3.63, 3.8) is 0 Å². The molecule has 4 nitrogen and oxygen atoms in total. The highest BCUT2D eigenvalue weighted by atomic mass is 16.4. The van der Waals surface area contributed by atoms with Crippen LogP contribution in [0.2, 0.25) is 0 Å². The van der Waals surface area contributed by atoms with Crippen molar-refractivity contribution in [2.24, 2.45) is 0 Å². The summed E-state index contributed by atoms with van der Waals surface area (Å²) in [5.74, 6) is -0.995. The second-order valence-electron chi connectivity index (χ2n) is 3.92. The normalized spacial score (nSPS) is 12.1. The molecule has 0 fully saturated rings. The molecule has 1 atom stereocenters. The molecular weight excluding hydrogens is 204 g/mol. The van der Waals surface area contributed by atoms with Gasteiger partial charge in [0, 0.05) is 17.9 Å². The summed E-state index contributed by atoms with van der Waals surface area (Å²) in [7, 11) is 0. The number of aromatic nitrogens is 1. The minimum atomic E-state index is -0.995. The molecule has 0 aliphatic carbocycles. The summed E-state index contributed by atoms with van der Waals surface area (Å²) >= 11 is 0. The molecule has 0 spiro atoms. The van der Waals surface area contributed by atoms with Gasteiger partial charge in [0.2, 0.25) is 0 Å². The fourth-order valence-electron chi connectivity index (χ4n) is 1.50. The molecule has 0 aromatic carbocycles. The van der Waals surface area contributed by atoms with E-state index in [-0.39, 0.29) is 5.69 Å². The van der Waals surface area contributed by atoms with E-state index >= 15 is 0 Å². The Bertz CT molecular complexity index is 353. The maximum absolute atomic E-state index is 10.7. The minimum Gasteiger partial charge on any atom is -0.477 e. The number of hydrogen-bond donors (Lipinski definition) is 2. The number of nitrogens with zero attached hydrogens (tertiary/aromatic N) is 1. The standard InChI is InChI=1S/C12H18N2O2/c1-3-4-5-9(2)14-10-6-7-13-11(8-10)12(15)16/h6-9H,3-5H2,1-2H3,(H,13,14)(H,15,16). The zero-order valence-corrected chi connectivity index (χ0v) is 9.73. The monoisotopic (exact) mass is 222 g/mol. The highest BCUT2D eigenvalue weighted by Crippen LogP contribution is 2.12. The van der Waals surface area contributed by atoms with Crippen LogP contribution in [0.4, 0.5) is 5.69 Å². The molecule has 88 valence electrons. The number of hydrogen-bond acceptors (Lipinski definition) is 3. The van der Waals surface area contributed by atoms with Gasteiger partial charge in [-0.05, 0) is 25.5 Å². The average Bonchev–Trinajstić information content (AvgIpc) is 2.26. The van der Waals surface area contributed by atoms with Crippen LogP contribution < -0.4 is 5.32 Å². The lowest BCUT2D eigenvalue weighted by Gasteiger charge is -2.14. The highest BCUT2D eigenvalue weighted by Gasteiger charge is 2.06. The average molecular weight is 222 g/mol. The second-order valence-corrected chi connectivity index (χ2v) is 3.92. The van der Waals surface area contributed by atoms with E-state index in [1.807, 2.05) is 0 Å². The van der Waals surface area contributed by atoms with E-state index in [1.54, 1.807) is 12.1 Å². The van der Waals surface area contributed by atoms with Gasteiger partial charge < -0.3 is 10.4 Å². The Balaban J connectivity index is 2.59. The molecule has 16 heavy (non-hydrogen) atoms. The molecular formula is C12H18N2O2. The van der Waals surface area contributed by atoms with Crippen LogP contribution >= 0.6 is 0 Å². The van der Waals surface area contributed by atoms with E-state index in [1.165, 1.54) is 19.0 Å². The maximum Gasteiger partial charge on any atom is 0.354 e. The molecule has 0 aliphatic rings. The fourth-order valence-corrected chi connectivity index (χ4v) is 1.50. The topological polar surface area (TPSA) is 62.2 Å². The fraction of sp³-hybridized carbons (Fsp3) is 0.500. The summed E-state index contributed by atoms with van der Waals surface area (Å²) in [6.07, 6.45) is 4.94. The maximum atomic E-state index is 10.7. The molecule has 0 aliphatic heterocycles. The number of anilines is 1. The lowest BCUT2D eigenvalue weighted by molar-refractivity contribution is 0.0690. The van der Waals surface area contributed by atoms with Gasteiger partial charge in [0.25, 0.3) is 0 Å². The van der Waals surface area contributed by atoms with Crippen molar-refractivity contribution in [2.45, 2.75) is 39.2 Å². The van der Waals surface area contributed by atoms with E-state index in [0.717, 1.165) is 12.1 Å². The van der Waals surface area contributed by atoms with Crippen LogP contribution in [0, 0.1) is 0 Å². The van der Waals surface area contributed by atoms with E-state index in [9.17, 15) is 4.79 Å². The molecule has 4 heteroatoms. The summed E-state index contributed by atoms with van der Waals surface area (Å²) in [4.78, 5) is 14.5. The summed E-state index contributed by atoms with van der Waals surface area (Å²) in [6, 6.07) is 3.70. The molecule has 1 unspecified atom stereocenters. The van der Waals surface area contributed by atoms with Crippen LogP contribution in [0.15, 0.2) is 18.3 Å². The Morgan fingerprint density at radius 3 is 3.00 bits per heavy atom. The van der Waals surface area contributed by atoms with Crippen molar-refractivity contribution in [1.82, 2.24) is 4.98 Å². The van der Waals surface area contributed by atoms with E-state index in [4.69, 9.17) is 5.11 Å². The molecule has 0 amide bonds. The molecule has 1 aromatic heterocycles. The van der Waals surface area contributed by atoms with Crippen molar-refractivity contribution in [1.29, 1.82) is 0 Å². The SMILES string of the molecule is CCCCC(C)Nc1ccnc(C(=O)O)c1. The van der Waals surface area contributed by atoms with E-state index < -0.39 is 5.97 Å². The predicted molar refractivity (Wildman–Crippen MR) is 63.8 cm³/mol. The van der Waals surface area contributed by atoms with Gasteiger partial charge >= 0.3 is 5.97 Å². The Kier molecular flexibility index (Phi) is 4.76. The van der Waals surface area contributed by atoms with Crippen LogP contribution in [-0.2, 0) is 0 Å². The van der Waals surface area contributed by atoms with Gasteiger partial charge in [-0.25, -0.2) is 9.78 Å². The van der Waals surface area contributed by atoms with Crippen molar-refractivity contribution in [3.8, 4) is 0 Å². The Hall–Kier alpha value is -1.58. The van der Waals surface area contributed by atoms with Crippen LogP contribution in [0.25, 0.3) is 0 Å². The first-order chi connectivity index (χ1) is 7.63. The van der Waals surface area contributed by atoms with Gasteiger partial charge in [-0.1, -0.05) is 19.8 Å². The number of aromatic carboxylic acids is 1. The van der Waals surface area contributed by atoms with E-state index in [0.29, 0.717) is 6.04 Å². The molecule has 0 saturated heterocycles. The summed E-state index contributed by atoms with van der Waals surface area (Å²) in [5.41, 5.74) is 0.892. The third-order valence-electron chi connectivity index (χ3n) is 2.38. The summed E-state index contributed by atoms with van der Waals surface area (Å²) in [6.45, 7) is 4.25. The lowest BCUT2D eigenvalue weighted by Crippen LogP contribution is -2.15. The van der Waals surface area contributed by atoms with Crippen LogP contribution in [0.3, 0.4) is 0 Å². The van der Waals surface area contributed by atoms with Crippen LogP contribution in [0.5, 0.6) is 0 Å². The van der Waals surface area contributed by atoms with Crippen molar-refractivity contribution < 1.29 is 9.90 Å². The molecule has 1 aromatic rings. The number of carbonyl (C=O) groups is 1. The van der Waals surface area contributed by atoms with Gasteiger partial charge in [0.15, 0.2) is 0 Å². The molecule has 0 radical (unpaired) electrons. The number of rotatable bonds is 6. The number of carboxylic acid groups (broad SMARTS) is 1. The first kappa shape index (κ1) is 12.5. The zero-order chi connectivity index (χ0) is 12.0. The van der Waals surface area contributed by atoms with Gasteiger partial charge in [0.05, 0.1) is 0 Å². The quantitative estimate of drug-likeness (QED) is 0.777. The van der Waals surface area contributed by atoms with E-state index in [2.05, 4.69) is 24.1 Å². The number of pyridine rings is 1. The smallest absolute Gasteiger partial charge is 0.354 e. The summed E-state index contributed by atoms with van der Waals surface area (Å²) < 4.78 is 0. The van der Waals surface area contributed by atoms with Crippen molar-refractivity contribution >= 4 is 11.7 Å². The molecule has 2 N–H and O–H groups in total. The number of carboxylic acids is 1. The Morgan fingerprint density at radius 1 is 1.62 bits per heavy atom. The predicted octanol–water partition coefficient (Wildman–Crippen LogP) is 2.77. The van der Waals surface area contributed by atoms with Gasteiger partial charge in [-0.2, -0.15) is 0 Å². The third-order valence-corrected chi connectivity index (χ3v) is 2.38. The number of nitrogens with one attached hydrogen (secondary N) is 1. The molecule has 0 bridgehead atoms. The molecule has 0 saturated carbocycles. The second kappa shape index (κ2) is 6.10. The van der Waals surface area contributed by atoms with Gasteiger partial charge in [-0.15, -0.1) is 0 Å². The number of unbranched alkanes of at least 4 members (excludes halogenated alkanes) is 1. The highest BCUT2D eigenvalue weighted by molar-refractivity contribution is 5.86. The van der Waals surface area contributed by atoms with Crippen LogP contribution in [-0.4, -0.2) is 22.1 Å². The molecule has 1 heterocycles. The van der Waals surface area contributed by atoms with Crippen molar-refractivity contribution in [2.75, 3.05) is 5.32 Å². The molecule has 1 rings (SSSR count).